The molecule has 2 heterocycles. The Labute approximate surface area is 74.0 Å². The average molecular weight is 199 g/mol. The second-order valence-corrected chi connectivity index (χ2v) is 4.94. The predicted molar refractivity (Wildman–Crippen MR) is 48.2 cm³/mol. The van der Waals surface area contributed by atoms with E-state index in [9.17, 15) is 8.42 Å². The van der Waals surface area contributed by atoms with Crippen LogP contribution in [0.4, 0.5) is 0 Å². The predicted octanol–water partition coefficient (Wildman–Crippen LogP) is 1.43. The third kappa shape index (κ3) is 1.11. The third-order valence-electron chi connectivity index (χ3n) is 1.45. The number of rotatable bonds is 1. The van der Waals surface area contributed by atoms with Gasteiger partial charge in [0, 0.05) is 17.0 Å². The van der Waals surface area contributed by atoms with Gasteiger partial charge in [-0.25, -0.2) is 13.4 Å². The molecule has 0 saturated heterocycles. The van der Waals surface area contributed by atoms with E-state index in [0.29, 0.717) is 9.91 Å². The minimum atomic E-state index is -3.18. The Morgan fingerprint density at radius 3 is 2.75 bits per heavy atom. The quantitative estimate of drug-likeness (QED) is 0.687. The van der Waals surface area contributed by atoms with Crippen LogP contribution < -0.4 is 0 Å². The number of thiazole rings is 1. The van der Waals surface area contributed by atoms with Gasteiger partial charge in [0.25, 0.3) is 0 Å². The van der Waals surface area contributed by atoms with Gasteiger partial charge in [0.15, 0.2) is 0 Å². The number of hydrogen-bond acceptors (Lipinski definition) is 4. The lowest BCUT2D eigenvalue weighted by Crippen LogP contribution is -1.94. The summed E-state index contributed by atoms with van der Waals surface area (Å²) in [5.41, 5.74) is 0. The van der Waals surface area contributed by atoms with Gasteiger partial charge in [0.05, 0.1) is 0 Å². The first-order valence-electron chi connectivity index (χ1n) is 3.23. The van der Waals surface area contributed by atoms with Crippen LogP contribution in [0.25, 0.3) is 4.91 Å². The molecule has 2 rings (SSSR count). The summed E-state index contributed by atoms with van der Waals surface area (Å²) in [5.74, 6) is 0. The zero-order valence-electron chi connectivity index (χ0n) is 5.97. The molecule has 0 aliphatic carbocycles. The maximum Gasteiger partial charge on any atom is 0.202 e. The van der Waals surface area contributed by atoms with E-state index in [1.54, 1.807) is 17.7 Å². The highest BCUT2D eigenvalue weighted by atomic mass is 32.2. The van der Waals surface area contributed by atoms with E-state index in [0.717, 1.165) is 0 Å². The fourth-order valence-electron chi connectivity index (χ4n) is 0.936. The van der Waals surface area contributed by atoms with Crippen LogP contribution in [0.5, 0.6) is 0 Å². The molecule has 0 N–H and O–H groups in total. The van der Waals surface area contributed by atoms with Crippen LogP contribution in [-0.2, 0) is 9.84 Å². The van der Waals surface area contributed by atoms with Crippen molar-refractivity contribution in [3.05, 3.63) is 34.1 Å². The molecule has 1 aromatic heterocycles. The van der Waals surface area contributed by atoms with Crippen LogP contribution in [0.1, 0.15) is 5.01 Å². The second-order valence-electron chi connectivity index (χ2n) is 2.24. The normalized spacial score (nSPS) is 19.5. The first-order chi connectivity index (χ1) is 5.70. The average Bonchev–Trinajstić information content (AvgIpc) is 2.55. The van der Waals surface area contributed by atoms with Crippen molar-refractivity contribution in [1.29, 1.82) is 0 Å². The van der Waals surface area contributed by atoms with E-state index in [-0.39, 0.29) is 0 Å². The number of hydrogen-bond donors (Lipinski definition) is 0. The van der Waals surface area contributed by atoms with E-state index < -0.39 is 9.84 Å². The van der Waals surface area contributed by atoms with Crippen molar-refractivity contribution in [1.82, 2.24) is 4.98 Å². The first-order valence-corrected chi connectivity index (χ1v) is 5.66. The summed E-state index contributed by atoms with van der Waals surface area (Å²) < 4.78 is 22.5. The van der Waals surface area contributed by atoms with Gasteiger partial charge >= 0.3 is 0 Å². The summed E-state index contributed by atoms with van der Waals surface area (Å²) in [6.45, 7) is 0. The second kappa shape index (κ2) is 2.53. The molecule has 0 bridgehead atoms. The fourth-order valence-corrected chi connectivity index (χ4v) is 2.98. The van der Waals surface area contributed by atoms with Crippen molar-refractivity contribution >= 4 is 26.1 Å². The lowest BCUT2D eigenvalue weighted by Gasteiger charge is -1.94. The Morgan fingerprint density at radius 2 is 2.25 bits per heavy atom. The largest absolute Gasteiger partial charge is 0.244 e. The van der Waals surface area contributed by atoms with Gasteiger partial charge in [-0.2, -0.15) is 0 Å². The maximum absolute atomic E-state index is 11.3. The summed E-state index contributed by atoms with van der Waals surface area (Å²) in [6.07, 6.45) is 4.68. The van der Waals surface area contributed by atoms with Crippen molar-refractivity contribution in [2.45, 2.75) is 0 Å². The van der Waals surface area contributed by atoms with Crippen LogP contribution >= 0.6 is 11.3 Å². The summed E-state index contributed by atoms with van der Waals surface area (Å²) in [4.78, 5) is 4.23. The summed E-state index contributed by atoms with van der Waals surface area (Å²) in [6, 6.07) is 0. The highest BCUT2D eigenvalue weighted by Gasteiger charge is 2.21. The zero-order valence-corrected chi connectivity index (χ0v) is 7.60. The Bertz CT molecular complexity index is 440. The number of aromatic nitrogens is 1. The lowest BCUT2D eigenvalue weighted by atomic mass is 10.5. The van der Waals surface area contributed by atoms with Crippen LogP contribution in [-0.4, -0.2) is 13.4 Å². The molecule has 0 saturated carbocycles. The third-order valence-corrected chi connectivity index (χ3v) is 3.85. The minimum absolute atomic E-state index is 0.303. The highest BCUT2D eigenvalue weighted by Crippen LogP contribution is 2.27. The van der Waals surface area contributed by atoms with Gasteiger partial charge < -0.3 is 0 Å². The summed E-state index contributed by atoms with van der Waals surface area (Å²) >= 11 is 1.32. The van der Waals surface area contributed by atoms with Crippen molar-refractivity contribution < 1.29 is 8.42 Å². The van der Waals surface area contributed by atoms with Crippen LogP contribution in [0.2, 0.25) is 0 Å². The molecular formula is C7H5NO2S2. The smallest absolute Gasteiger partial charge is 0.202 e. The molecule has 0 spiro atoms. The maximum atomic E-state index is 11.3. The molecule has 1 aromatic rings. The molecule has 1 aliphatic rings. The van der Waals surface area contributed by atoms with Crippen LogP contribution in [0, 0.1) is 0 Å². The van der Waals surface area contributed by atoms with E-state index >= 15 is 0 Å². The van der Waals surface area contributed by atoms with E-state index in [1.165, 1.54) is 22.8 Å². The van der Waals surface area contributed by atoms with Crippen molar-refractivity contribution in [2.75, 3.05) is 0 Å². The summed E-state index contributed by atoms with van der Waals surface area (Å²) in [7, 11) is -3.18. The topological polar surface area (TPSA) is 47.0 Å². The van der Waals surface area contributed by atoms with Gasteiger partial charge in [-0.05, 0) is 12.2 Å². The van der Waals surface area contributed by atoms with Crippen LogP contribution in [0.3, 0.4) is 0 Å². The molecule has 0 aromatic carbocycles. The Morgan fingerprint density at radius 1 is 1.42 bits per heavy atom. The monoisotopic (exact) mass is 199 g/mol. The number of allylic oxidation sites excluding steroid dienone is 2. The van der Waals surface area contributed by atoms with Gasteiger partial charge in [0.1, 0.15) is 9.91 Å². The van der Waals surface area contributed by atoms with Gasteiger partial charge in [-0.3, -0.25) is 0 Å². The molecule has 0 fully saturated rings. The van der Waals surface area contributed by atoms with Crippen LogP contribution in [0.15, 0.2) is 29.1 Å². The van der Waals surface area contributed by atoms with E-state index in [4.69, 9.17) is 0 Å². The molecule has 0 unspecified atom stereocenters. The first kappa shape index (κ1) is 7.70. The zero-order chi connectivity index (χ0) is 8.60. The lowest BCUT2D eigenvalue weighted by molar-refractivity contribution is 0.614. The summed E-state index contributed by atoms with van der Waals surface area (Å²) in [5, 5.41) is 3.49. The number of nitrogens with zero attached hydrogens (tertiary/aromatic N) is 1. The van der Waals surface area contributed by atoms with Crippen molar-refractivity contribution in [3.63, 3.8) is 0 Å². The molecule has 3 nitrogen and oxygen atoms in total. The highest BCUT2D eigenvalue weighted by molar-refractivity contribution is 8.03. The van der Waals surface area contributed by atoms with E-state index in [1.807, 2.05) is 0 Å². The SMILES string of the molecule is O=S1(=O)C=CC=C1c1nccs1. The molecule has 0 amide bonds. The Kier molecular flexibility index (Phi) is 1.62. The Hall–Kier alpha value is -0.940. The molecule has 1 aliphatic heterocycles. The van der Waals surface area contributed by atoms with Gasteiger partial charge in [-0.15, -0.1) is 11.3 Å². The van der Waals surface area contributed by atoms with Crippen molar-refractivity contribution in [2.24, 2.45) is 0 Å². The van der Waals surface area contributed by atoms with Gasteiger partial charge in [0.2, 0.25) is 9.84 Å². The van der Waals surface area contributed by atoms with E-state index in [2.05, 4.69) is 4.98 Å². The molecule has 62 valence electrons. The Balaban J connectivity index is 2.54. The fraction of sp³-hybridized carbons (Fsp3) is 0. The molecular weight excluding hydrogens is 194 g/mol. The standard InChI is InChI=1S/C7H5NO2S2/c9-12(10)5-1-2-6(12)7-8-3-4-11-7/h1-5H. The molecule has 0 radical (unpaired) electrons. The minimum Gasteiger partial charge on any atom is -0.244 e. The van der Waals surface area contributed by atoms with Crippen molar-refractivity contribution in [3.8, 4) is 0 Å². The molecule has 0 atom stereocenters. The molecule has 12 heavy (non-hydrogen) atoms. The number of sulfone groups is 1. The van der Waals surface area contributed by atoms with Gasteiger partial charge in [-0.1, -0.05) is 0 Å². The molecule has 5 heteroatoms.